The van der Waals surface area contributed by atoms with Gasteiger partial charge in [-0.3, -0.25) is 4.79 Å². The molecule has 4 rings (SSSR count). The van der Waals surface area contributed by atoms with E-state index >= 15 is 0 Å². The zero-order valence-electron chi connectivity index (χ0n) is 16.5. The number of aromatic nitrogens is 1. The Kier molecular flexibility index (Phi) is 5.01. The van der Waals surface area contributed by atoms with E-state index in [-0.39, 0.29) is 12.5 Å². The lowest BCUT2D eigenvalue weighted by Crippen LogP contribution is -2.28. The summed E-state index contributed by atoms with van der Waals surface area (Å²) in [4.78, 5) is 19.5. The molecule has 0 saturated heterocycles. The summed E-state index contributed by atoms with van der Waals surface area (Å²) >= 11 is 0. The van der Waals surface area contributed by atoms with Gasteiger partial charge in [-0.25, -0.2) is 4.98 Å². The highest BCUT2D eigenvalue weighted by atomic mass is 16.5. The van der Waals surface area contributed by atoms with Crippen LogP contribution < -0.4 is 4.74 Å². The molecule has 0 bridgehead atoms. The number of para-hydroxylation sites is 1. The van der Waals surface area contributed by atoms with E-state index < -0.39 is 0 Å². The first kappa shape index (κ1) is 18.7. The van der Waals surface area contributed by atoms with E-state index in [2.05, 4.69) is 12.1 Å². The molecule has 1 amide bonds. The maximum atomic E-state index is 13.2. The molecule has 5 nitrogen and oxygen atoms in total. The summed E-state index contributed by atoms with van der Waals surface area (Å²) in [6, 6.07) is 17.6. The third-order valence-electron chi connectivity index (χ3n) is 5.27. The molecule has 29 heavy (non-hydrogen) atoms. The summed E-state index contributed by atoms with van der Waals surface area (Å²) in [5, 5.41) is 9.85. The van der Waals surface area contributed by atoms with Crippen LogP contribution >= 0.6 is 0 Å². The third-order valence-corrected chi connectivity index (χ3v) is 5.27. The number of hydrogen-bond donors (Lipinski definition) is 0. The molecule has 0 aliphatic heterocycles. The van der Waals surface area contributed by atoms with E-state index in [1.807, 2.05) is 48.5 Å². The Balaban J connectivity index is 1.85. The van der Waals surface area contributed by atoms with E-state index in [9.17, 15) is 4.79 Å². The van der Waals surface area contributed by atoms with Gasteiger partial charge in [0.15, 0.2) is 0 Å². The number of carbonyl (C=O) groups is 1. The summed E-state index contributed by atoms with van der Waals surface area (Å²) in [6.07, 6.45) is 3.71. The second kappa shape index (κ2) is 7.76. The molecule has 144 valence electrons. The molecule has 1 aliphatic rings. The van der Waals surface area contributed by atoms with Gasteiger partial charge in [0.25, 0.3) is 5.91 Å². The zero-order valence-corrected chi connectivity index (χ0v) is 16.5. The molecule has 0 fully saturated rings. The minimum atomic E-state index is -0.132. The number of amides is 1. The Morgan fingerprint density at radius 3 is 2.69 bits per heavy atom. The van der Waals surface area contributed by atoms with Crippen LogP contribution in [0.4, 0.5) is 0 Å². The number of pyridine rings is 1. The molecule has 0 radical (unpaired) electrons. The van der Waals surface area contributed by atoms with Gasteiger partial charge in [0.1, 0.15) is 12.3 Å². The number of rotatable bonds is 4. The highest BCUT2D eigenvalue weighted by molar-refractivity contribution is 6.09. The van der Waals surface area contributed by atoms with Gasteiger partial charge < -0.3 is 9.64 Å². The number of methoxy groups -OCH3 is 1. The minimum absolute atomic E-state index is 0.0544. The van der Waals surface area contributed by atoms with Crippen molar-refractivity contribution >= 4 is 28.5 Å². The molecule has 0 atom stereocenters. The first-order valence-corrected chi connectivity index (χ1v) is 9.51. The number of allylic oxidation sites excluding steroid dienone is 1. The number of carbonyl (C=O) groups excluding carboxylic acids is 1. The van der Waals surface area contributed by atoms with Crippen LogP contribution in [0.3, 0.4) is 0 Å². The van der Waals surface area contributed by atoms with Crippen molar-refractivity contribution < 1.29 is 9.53 Å². The highest BCUT2D eigenvalue weighted by Gasteiger charge is 2.28. The fraction of sp³-hybridized carbons (Fsp3) is 0.208. The van der Waals surface area contributed by atoms with Crippen molar-refractivity contribution in [2.75, 3.05) is 20.7 Å². The molecule has 0 saturated carbocycles. The lowest BCUT2D eigenvalue weighted by atomic mass is 9.99. The van der Waals surface area contributed by atoms with Gasteiger partial charge in [-0.1, -0.05) is 30.3 Å². The summed E-state index contributed by atoms with van der Waals surface area (Å²) in [6.45, 7) is 0.0544. The fourth-order valence-electron chi connectivity index (χ4n) is 3.79. The number of ether oxygens (including phenoxy) is 1. The van der Waals surface area contributed by atoms with E-state index in [4.69, 9.17) is 15.0 Å². The van der Waals surface area contributed by atoms with Crippen LogP contribution in [0, 0.1) is 11.3 Å². The van der Waals surface area contributed by atoms with E-state index in [1.54, 1.807) is 14.2 Å². The maximum Gasteiger partial charge on any atom is 0.255 e. The Morgan fingerprint density at radius 1 is 1.21 bits per heavy atom. The zero-order chi connectivity index (χ0) is 20.4. The van der Waals surface area contributed by atoms with Crippen molar-refractivity contribution in [3.05, 3.63) is 70.9 Å². The van der Waals surface area contributed by atoms with Crippen molar-refractivity contribution in [1.29, 1.82) is 5.26 Å². The first-order valence-electron chi connectivity index (χ1n) is 9.51. The van der Waals surface area contributed by atoms with E-state index in [0.29, 0.717) is 5.56 Å². The largest absolute Gasteiger partial charge is 0.497 e. The smallest absolute Gasteiger partial charge is 0.255 e. The van der Waals surface area contributed by atoms with Crippen LogP contribution in [0.1, 0.15) is 33.6 Å². The standard InChI is InChI=1S/C24H21N3O2/c1-27(14-13-25)24(28)22-19-5-3-4-6-21(19)26-23-17(9-12-20(22)23)15-16-7-10-18(29-2)11-8-16/h3-8,10-11,15H,9,12,14H2,1-2H3/b17-15-. The quantitative estimate of drug-likeness (QED) is 0.629. The molecule has 1 aromatic heterocycles. The molecule has 0 spiro atoms. The number of hydrogen-bond acceptors (Lipinski definition) is 4. The van der Waals surface area contributed by atoms with E-state index in [1.165, 1.54) is 4.90 Å². The first-order chi connectivity index (χ1) is 14.1. The predicted octanol–water partition coefficient (Wildman–Crippen LogP) is 4.33. The summed E-state index contributed by atoms with van der Waals surface area (Å²) in [5.74, 6) is 0.684. The monoisotopic (exact) mass is 383 g/mol. The highest BCUT2D eigenvalue weighted by Crippen LogP contribution is 2.38. The Hall–Kier alpha value is -3.65. The maximum absolute atomic E-state index is 13.2. The molecular formula is C24H21N3O2. The summed E-state index contributed by atoms with van der Waals surface area (Å²) in [5.41, 5.74) is 5.50. The van der Waals surface area contributed by atoms with Crippen LogP contribution in [0.5, 0.6) is 5.75 Å². The SMILES string of the molecule is COc1ccc(/C=C2/CCc3c2nc2ccccc2c3C(=O)N(C)CC#N)cc1. The molecule has 5 heteroatoms. The second-order valence-corrected chi connectivity index (χ2v) is 7.09. The molecule has 2 aromatic carbocycles. The lowest BCUT2D eigenvalue weighted by molar-refractivity contribution is 0.0813. The molecule has 0 unspecified atom stereocenters. The van der Waals surface area contributed by atoms with Crippen molar-refractivity contribution in [2.24, 2.45) is 0 Å². The van der Waals surface area contributed by atoms with Crippen molar-refractivity contribution in [3.8, 4) is 11.8 Å². The Morgan fingerprint density at radius 2 is 1.97 bits per heavy atom. The molecule has 3 aromatic rings. The summed E-state index contributed by atoms with van der Waals surface area (Å²) in [7, 11) is 3.31. The van der Waals surface area contributed by atoms with Crippen LogP contribution in [0.2, 0.25) is 0 Å². The van der Waals surface area contributed by atoms with Gasteiger partial charge in [0, 0.05) is 12.4 Å². The predicted molar refractivity (Wildman–Crippen MR) is 114 cm³/mol. The van der Waals surface area contributed by atoms with E-state index in [0.717, 1.165) is 51.9 Å². The molecule has 1 aliphatic carbocycles. The van der Waals surface area contributed by atoms with Gasteiger partial charge >= 0.3 is 0 Å². The van der Waals surface area contributed by atoms with Crippen molar-refractivity contribution in [2.45, 2.75) is 12.8 Å². The number of nitrogens with zero attached hydrogens (tertiary/aromatic N) is 3. The molecule has 0 N–H and O–H groups in total. The van der Waals surface area contributed by atoms with Crippen LogP contribution in [-0.2, 0) is 6.42 Å². The fourth-order valence-corrected chi connectivity index (χ4v) is 3.79. The van der Waals surface area contributed by atoms with Crippen molar-refractivity contribution in [3.63, 3.8) is 0 Å². The average molecular weight is 383 g/mol. The van der Waals surface area contributed by atoms with Gasteiger partial charge in [0.2, 0.25) is 0 Å². The molecule has 1 heterocycles. The second-order valence-electron chi connectivity index (χ2n) is 7.09. The van der Waals surface area contributed by atoms with Crippen LogP contribution in [0.25, 0.3) is 22.6 Å². The van der Waals surface area contributed by atoms with Crippen molar-refractivity contribution in [1.82, 2.24) is 9.88 Å². The lowest BCUT2D eigenvalue weighted by Gasteiger charge is -2.17. The average Bonchev–Trinajstić information content (AvgIpc) is 3.14. The van der Waals surface area contributed by atoms with Crippen LogP contribution in [-0.4, -0.2) is 36.5 Å². The van der Waals surface area contributed by atoms with Crippen LogP contribution in [0.15, 0.2) is 48.5 Å². The van der Waals surface area contributed by atoms with Gasteiger partial charge in [-0.05, 0) is 53.8 Å². The Labute approximate surface area is 169 Å². The van der Waals surface area contributed by atoms with Gasteiger partial charge in [0.05, 0.1) is 30.0 Å². The van der Waals surface area contributed by atoms with Gasteiger partial charge in [-0.2, -0.15) is 5.26 Å². The minimum Gasteiger partial charge on any atom is -0.497 e. The number of fused-ring (bicyclic) bond motifs is 2. The molecular weight excluding hydrogens is 362 g/mol. The third kappa shape index (κ3) is 3.45. The normalized spacial score (nSPS) is 13.9. The topological polar surface area (TPSA) is 66.2 Å². The summed E-state index contributed by atoms with van der Waals surface area (Å²) < 4.78 is 5.23. The Bertz CT molecular complexity index is 1160. The number of nitriles is 1. The number of benzene rings is 2. The van der Waals surface area contributed by atoms with Gasteiger partial charge in [-0.15, -0.1) is 0 Å².